The van der Waals surface area contributed by atoms with Crippen molar-refractivity contribution in [3.63, 3.8) is 0 Å². The van der Waals surface area contributed by atoms with Crippen LogP contribution in [0.3, 0.4) is 0 Å². The summed E-state index contributed by atoms with van der Waals surface area (Å²) in [5.41, 5.74) is 1.74. The molecule has 5 nitrogen and oxygen atoms in total. The maximum absolute atomic E-state index is 13.1. The molecule has 0 bridgehead atoms. The largest absolute Gasteiger partial charge is 0.507 e. The highest BCUT2D eigenvalue weighted by molar-refractivity contribution is 9.10. The summed E-state index contributed by atoms with van der Waals surface area (Å²) in [6.07, 6.45) is 0. The minimum Gasteiger partial charge on any atom is -0.507 e. The number of methoxy groups -OCH3 is 1. The number of rotatable bonds is 4. The number of nitrogens with zero attached hydrogens (tertiary/aromatic N) is 1. The minimum atomic E-state index is -0.773. The number of hydrogen-bond acceptors (Lipinski definition) is 4. The van der Waals surface area contributed by atoms with E-state index in [2.05, 4.69) is 15.9 Å². The Kier molecular flexibility index (Phi) is 5.42. The van der Waals surface area contributed by atoms with Gasteiger partial charge < -0.3 is 9.84 Å². The van der Waals surface area contributed by atoms with Crippen LogP contribution >= 0.6 is 15.9 Å². The molecule has 0 spiro atoms. The third-order valence-electron chi connectivity index (χ3n) is 5.01. The first-order valence-corrected chi connectivity index (χ1v) is 10.1. The zero-order valence-electron chi connectivity index (χ0n) is 16.1. The summed E-state index contributed by atoms with van der Waals surface area (Å²) in [6, 6.07) is 22.3. The van der Waals surface area contributed by atoms with E-state index in [1.807, 2.05) is 30.3 Å². The molecule has 0 radical (unpaired) electrons. The van der Waals surface area contributed by atoms with E-state index < -0.39 is 17.7 Å². The number of aliphatic hydroxyl groups is 1. The Morgan fingerprint density at radius 1 is 0.967 bits per heavy atom. The first-order chi connectivity index (χ1) is 14.5. The molecule has 1 unspecified atom stereocenters. The number of hydrogen-bond donors (Lipinski definition) is 1. The number of carbonyl (C=O) groups is 2. The summed E-state index contributed by atoms with van der Waals surface area (Å²) >= 11 is 3.41. The molecule has 6 heteroatoms. The van der Waals surface area contributed by atoms with Gasteiger partial charge in [0.15, 0.2) is 0 Å². The molecule has 1 atom stereocenters. The lowest BCUT2D eigenvalue weighted by Gasteiger charge is -2.25. The van der Waals surface area contributed by atoms with E-state index in [9.17, 15) is 14.7 Å². The fourth-order valence-electron chi connectivity index (χ4n) is 3.57. The Morgan fingerprint density at radius 3 is 2.33 bits per heavy atom. The number of benzene rings is 3. The van der Waals surface area contributed by atoms with E-state index in [-0.39, 0.29) is 11.3 Å². The first-order valence-electron chi connectivity index (χ1n) is 9.27. The average Bonchev–Trinajstić information content (AvgIpc) is 3.05. The SMILES string of the molecule is COc1cccc(N2C(=O)C(=O)/C(=C(/O)c3ccccc3)C2c2ccc(Br)cc2)c1. The van der Waals surface area contributed by atoms with Crippen molar-refractivity contribution in [2.75, 3.05) is 12.0 Å². The smallest absolute Gasteiger partial charge is 0.300 e. The maximum atomic E-state index is 13.1. The molecule has 1 fully saturated rings. The summed E-state index contributed by atoms with van der Waals surface area (Å²) in [7, 11) is 1.54. The van der Waals surface area contributed by atoms with Gasteiger partial charge in [-0.05, 0) is 29.8 Å². The molecule has 1 aliphatic rings. The van der Waals surface area contributed by atoms with Crippen molar-refractivity contribution in [1.82, 2.24) is 0 Å². The van der Waals surface area contributed by atoms with E-state index >= 15 is 0 Å². The summed E-state index contributed by atoms with van der Waals surface area (Å²) in [4.78, 5) is 27.5. The Morgan fingerprint density at radius 2 is 1.67 bits per heavy atom. The van der Waals surface area contributed by atoms with Gasteiger partial charge in [-0.1, -0.05) is 64.5 Å². The number of ether oxygens (including phenoxy) is 1. The lowest BCUT2D eigenvalue weighted by atomic mass is 9.95. The van der Waals surface area contributed by atoms with Crippen LogP contribution in [0.2, 0.25) is 0 Å². The van der Waals surface area contributed by atoms with Crippen LogP contribution in [0.25, 0.3) is 5.76 Å². The number of carbonyl (C=O) groups excluding carboxylic acids is 2. The Labute approximate surface area is 182 Å². The molecule has 4 rings (SSSR count). The highest BCUT2D eigenvalue weighted by Gasteiger charge is 2.47. The summed E-state index contributed by atoms with van der Waals surface area (Å²) in [6.45, 7) is 0. The van der Waals surface area contributed by atoms with Crippen LogP contribution in [-0.2, 0) is 9.59 Å². The number of aliphatic hydroxyl groups excluding tert-OH is 1. The maximum Gasteiger partial charge on any atom is 0.300 e. The Bertz CT molecular complexity index is 1140. The van der Waals surface area contributed by atoms with Crippen LogP contribution in [0.1, 0.15) is 17.2 Å². The highest BCUT2D eigenvalue weighted by Crippen LogP contribution is 2.42. The van der Waals surface area contributed by atoms with Gasteiger partial charge in [0.25, 0.3) is 11.7 Å². The van der Waals surface area contributed by atoms with Gasteiger partial charge in [0.2, 0.25) is 0 Å². The van der Waals surface area contributed by atoms with Gasteiger partial charge in [0.05, 0.1) is 18.7 Å². The lowest BCUT2D eigenvalue weighted by Crippen LogP contribution is -2.29. The van der Waals surface area contributed by atoms with Crippen molar-refractivity contribution in [2.24, 2.45) is 0 Å². The molecular weight excluding hydrogens is 446 g/mol. The van der Waals surface area contributed by atoms with Crippen LogP contribution in [0.5, 0.6) is 5.75 Å². The second-order valence-electron chi connectivity index (χ2n) is 6.79. The van der Waals surface area contributed by atoms with Crippen LogP contribution in [0, 0.1) is 0 Å². The van der Waals surface area contributed by atoms with Crippen molar-refractivity contribution in [1.29, 1.82) is 0 Å². The number of anilines is 1. The third-order valence-corrected chi connectivity index (χ3v) is 5.54. The molecule has 30 heavy (non-hydrogen) atoms. The number of Topliss-reactive ketones (excluding diaryl/α,β-unsaturated/α-hetero) is 1. The summed E-state index contributed by atoms with van der Waals surface area (Å²) < 4.78 is 6.15. The molecule has 3 aromatic carbocycles. The first kappa shape index (κ1) is 19.9. The molecule has 0 saturated carbocycles. The molecule has 1 aliphatic heterocycles. The molecule has 150 valence electrons. The molecular formula is C24H18BrNO4. The molecule has 1 N–H and O–H groups in total. The van der Waals surface area contributed by atoms with Gasteiger partial charge in [-0.25, -0.2) is 0 Å². The fourth-order valence-corrected chi connectivity index (χ4v) is 3.84. The van der Waals surface area contributed by atoms with Crippen LogP contribution in [0.4, 0.5) is 5.69 Å². The quantitative estimate of drug-likeness (QED) is 0.332. The predicted octanol–water partition coefficient (Wildman–Crippen LogP) is 5.08. The summed E-state index contributed by atoms with van der Waals surface area (Å²) in [5.74, 6) is -1.07. The van der Waals surface area contributed by atoms with Gasteiger partial charge in [-0.15, -0.1) is 0 Å². The van der Waals surface area contributed by atoms with E-state index in [4.69, 9.17) is 4.74 Å². The second kappa shape index (κ2) is 8.16. The topological polar surface area (TPSA) is 66.8 Å². The van der Waals surface area contributed by atoms with Crippen LogP contribution in [0.15, 0.2) is 88.9 Å². The Hall–Kier alpha value is -3.38. The molecule has 3 aromatic rings. The van der Waals surface area contributed by atoms with Gasteiger partial charge in [-0.2, -0.15) is 0 Å². The monoisotopic (exact) mass is 463 g/mol. The molecule has 0 aromatic heterocycles. The van der Waals surface area contributed by atoms with E-state index in [1.54, 1.807) is 48.5 Å². The standard InChI is InChI=1S/C24H18BrNO4/c1-30-19-9-5-8-18(14-19)26-21(15-10-12-17(25)13-11-15)20(23(28)24(26)29)22(27)16-6-3-2-4-7-16/h2-14,21,27H,1H3/b22-20+. The third kappa shape index (κ3) is 3.50. The van der Waals surface area contributed by atoms with Gasteiger partial charge in [0.1, 0.15) is 11.5 Å². The minimum absolute atomic E-state index is 0.0522. The zero-order valence-corrected chi connectivity index (χ0v) is 17.7. The van der Waals surface area contributed by atoms with E-state index in [0.29, 0.717) is 22.6 Å². The molecule has 1 saturated heterocycles. The van der Waals surface area contributed by atoms with Gasteiger partial charge in [-0.3, -0.25) is 14.5 Å². The van der Waals surface area contributed by atoms with Crippen molar-refractivity contribution >= 4 is 39.1 Å². The van der Waals surface area contributed by atoms with Crippen molar-refractivity contribution < 1.29 is 19.4 Å². The predicted molar refractivity (Wildman–Crippen MR) is 118 cm³/mol. The van der Waals surface area contributed by atoms with Gasteiger partial charge >= 0.3 is 0 Å². The van der Waals surface area contributed by atoms with Crippen molar-refractivity contribution in [3.8, 4) is 5.75 Å². The van der Waals surface area contributed by atoms with Gasteiger partial charge in [0, 0.05) is 21.8 Å². The normalized spacial score (nSPS) is 17.9. The Balaban J connectivity index is 1.94. The second-order valence-corrected chi connectivity index (χ2v) is 7.70. The van der Waals surface area contributed by atoms with Crippen LogP contribution in [-0.4, -0.2) is 23.9 Å². The number of ketones is 1. The molecule has 1 amide bonds. The average molecular weight is 464 g/mol. The molecule has 0 aliphatic carbocycles. The number of halogens is 1. The summed E-state index contributed by atoms with van der Waals surface area (Å²) in [5, 5.41) is 11.0. The number of amides is 1. The van der Waals surface area contributed by atoms with E-state index in [0.717, 1.165) is 4.47 Å². The fraction of sp³-hybridized carbons (Fsp3) is 0.0833. The molecule has 1 heterocycles. The lowest BCUT2D eigenvalue weighted by molar-refractivity contribution is -0.132. The highest BCUT2D eigenvalue weighted by atomic mass is 79.9. The van der Waals surface area contributed by atoms with Crippen molar-refractivity contribution in [2.45, 2.75) is 6.04 Å². The van der Waals surface area contributed by atoms with E-state index in [1.165, 1.54) is 12.0 Å². The zero-order chi connectivity index (χ0) is 21.3. The van der Waals surface area contributed by atoms with Crippen LogP contribution < -0.4 is 9.64 Å². The van der Waals surface area contributed by atoms with Crippen molar-refractivity contribution in [3.05, 3.63) is 100 Å².